The molecular formula is C19H29N4O2S2+. The third kappa shape index (κ3) is 5.36. The first kappa shape index (κ1) is 20.4. The van der Waals surface area contributed by atoms with E-state index in [2.05, 4.69) is 39.0 Å². The van der Waals surface area contributed by atoms with Gasteiger partial charge >= 0.3 is 0 Å². The van der Waals surface area contributed by atoms with E-state index in [9.17, 15) is 4.79 Å². The number of aliphatic hydroxyl groups excluding tert-OH is 1. The summed E-state index contributed by atoms with van der Waals surface area (Å²) in [6, 6.07) is 2.30. The van der Waals surface area contributed by atoms with Crippen molar-refractivity contribution in [2.45, 2.75) is 20.4 Å². The quantitative estimate of drug-likeness (QED) is 0.654. The molecule has 1 saturated heterocycles. The van der Waals surface area contributed by atoms with E-state index in [4.69, 9.17) is 5.11 Å². The Kier molecular flexibility index (Phi) is 6.99. The van der Waals surface area contributed by atoms with Gasteiger partial charge in [-0.1, -0.05) is 0 Å². The number of carbonyl (C=O) groups is 1. The van der Waals surface area contributed by atoms with Gasteiger partial charge in [-0.3, -0.25) is 9.69 Å². The Morgan fingerprint density at radius 1 is 1.33 bits per heavy atom. The number of nitrogens with one attached hydrogen (secondary N) is 1. The second-order valence-electron chi connectivity index (χ2n) is 7.17. The molecule has 0 aliphatic carbocycles. The van der Waals surface area contributed by atoms with Crippen LogP contribution in [-0.2, 0) is 11.3 Å². The van der Waals surface area contributed by atoms with Crippen LogP contribution in [0.3, 0.4) is 0 Å². The van der Waals surface area contributed by atoms with Crippen molar-refractivity contribution in [3.63, 3.8) is 0 Å². The molecule has 2 N–H and O–H groups in total. The molecule has 0 saturated carbocycles. The molecule has 0 spiro atoms. The molecule has 3 rings (SSSR count). The summed E-state index contributed by atoms with van der Waals surface area (Å²) in [5.74, 6) is 0.00186. The standard InChI is InChI=1S/C19H28N4O2S2/c1-3-23(7-5-22(6-8-23)11-19(25)20-4-9-24)12-17-10-16(13-27-17)18-14-26-15(2)21-18/h10,13-14,24H,3-9,11-12H2,1-2H3/p+1. The normalized spacial score (nSPS) is 17.1. The number of aromatic nitrogens is 1. The molecule has 6 nitrogen and oxygen atoms in total. The van der Waals surface area contributed by atoms with Crippen molar-refractivity contribution in [1.82, 2.24) is 15.2 Å². The summed E-state index contributed by atoms with van der Waals surface area (Å²) in [6.45, 7) is 11.2. The van der Waals surface area contributed by atoms with Crippen LogP contribution in [0.1, 0.15) is 16.8 Å². The molecule has 1 amide bonds. The average Bonchev–Trinajstić information content (AvgIpc) is 3.30. The second kappa shape index (κ2) is 9.25. The summed E-state index contributed by atoms with van der Waals surface area (Å²) in [7, 11) is 0. The summed E-state index contributed by atoms with van der Waals surface area (Å²) in [5, 5.41) is 17.0. The highest BCUT2D eigenvalue weighted by Crippen LogP contribution is 2.29. The summed E-state index contributed by atoms with van der Waals surface area (Å²) >= 11 is 3.52. The highest BCUT2D eigenvalue weighted by molar-refractivity contribution is 7.11. The number of rotatable bonds is 8. The Balaban J connectivity index is 1.56. The molecule has 0 bridgehead atoms. The Hall–Kier alpha value is -1.32. The van der Waals surface area contributed by atoms with Crippen LogP contribution in [0.4, 0.5) is 0 Å². The predicted molar refractivity (Wildman–Crippen MR) is 111 cm³/mol. The minimum Gasteiger partial charge on any atom is -0.395 e. The fraction of sp³-hybridized carbons (Fsp3) is 0.579. The molecule has 0 aromatic carbocycles. The van der Waals surface area contributed by atoms with Gasteiger partial charge in [-0.25, -0.2) is 4.98 Å². The topological polar surface area (TPSA) is 65.5 Å². The number of hydrogen-bond acceptors (Lipinski definition) is 6. The van der Waals surface area contributed by atoms with Crippen LogP contribution in [0.15, 0.2) is 16.8 Å². The van der Waals surface area contributed by atoms with Gasteiger partial charge in [0.2, 0.25) is 5.91 Å². The molecule has 27 heavy (non-hydrogen) atoms. The number of thiazole rings is 1. The number of aryl methyl sites for hydroxylation is 1. The number of amides is 1. The van der Waals surface area contributed by atoms with E-state index in [-0.39, 0.29) is 12.5 Å². The monoisotopic (exact) mass is 409 g/mol. The molecule has 0 unspecified atom stereocenters. The van der Waals surface area contributed by atoms with Crippen LogP contribution < -0.4 is 5.32 Å². The lowest BCUT2D eigenvalue weighted by Crippen LogP contribution is -2.59. The van der Waals surface area contributed by atoms with Gasteiger partial charge in [0.05, 0.1) is 48.4 Å². The number of aliphatic hydroxyl groups is 1. The van der Waals surface area contributed by atoms with E-state index < -0.39 is 0 Å². The highest BCUT2D eigenvalue weighted by atomic mass is 32.1. The van der Waals surface area contributed by atoms with Crippen LogP contribution in [-0.4, -0.2) is 77.8 Å². The van der Waals surface area contributed by atoms with Crippen molar-refractivity contribution in [1.29, 1.82) is 0 Å². The van der Waals surface area contributed by atoms with Gasteiger partial charge in [0.1, 0.15) is 6.54 Å². The minimum atomic E-state index is -0.00908. The molecule has 3 heterocycles. The lowest BCUT2D eigenvalue weighted by molar-refractivity contribution is -0.942. The van der Waals surface area contributed by atoms with Crippen molar-refractivity contribution in [2.75, 3.05) is 52.4 Å². The molecule has 1 aliphatic rings. The van der Waals surface area contributed by atoms with Gasteiger partial charge < -0.3 is 14.9 Å². The molecule has 148 valence electrons. The molecule has 8 heteroatoms. The maximum absolute atomic E-state index is 11.9. The zero-order chi connectivity index (χ0) is 19.3. The van der Waals surface area contributed by atoms with E-state index in [1.165, 1.54) is 10.4 Å². The predicted octanol–water partition coefficient (Wildman–Crippen LogP) is 1.94. The first-order valence-electron chi connectivity index (χ1n) is 9.48. The number of carbonyl (C=O) groups excluding carboxylic acids is 1. The molecule has 2 aromatic rings. The van der Waals surface area contributed by atoms with Crippen molar-refractivity contribution in [2.24, 2.45) is 0 Å². The molecular weight excluding hydrogens is 380 g/mol. The fourth-order valence-corrected chi connectivity index (χ4v) is 5.19. The van der Waals surface area contributed by atoms with E-state index in [1.807, 2.05) is 18.3 Å². The van der Waals surface area contributed by atoms with E-state index in [1.54, 1.807) is 11.3 Å². The maximum Gasteiger partial charge on any atom is 0.234 e. The van der Waals surface area contributed by atoms with Gasteiger partial charge in [-0.15, -0.1) is 22.7 Å². The molecule has 1 aliphatic heterocycles. The van der Waals surface area contributed by atoms with Crippen molar-refractivity contribution >= 4 is 28.6 Å². The number of likely N-dealkylation sites (N-methyl/N-ethyl adjacent to an activating group) is 1. The van der Waals surface area contributed by atoms with E-state index in [0.717, 1.165) is 54.5 Å². The number of nitrogens with zero attached hydrogens (tertiary/aromatic N) is 3. The largest absolute Gasteiger partial charge is 0.395 e. The second-order valence-corrected chi connectivity index (χ2v) is 9.22. The van der Waals surface area contributed by atoms with E-state index in [0.29, 0.717) is 13.1 Å². The minimum absolute atomic E-state index is 0.00186. The zero-order valence-electron chi connectivity index (χ0n) is 16.1. The lowest BCUT2D eigenvalue weighted by Gasteiger charge is -2.44. The molecule has 2 aromatic heterocycles. The van der Waals surface area contributed by atoms with Crippen molar-refractivity contribution < 1.29 is 14.4 Å². The Labute approximate surface area is 169 Å². The highest BCUT2D eigenvalue weighted by Gasteiger charge is 2.32. The summed E-state index contributed by atoms with van der Waals surface area (Å²) < 4.78 is 1.07. The first-order chi connectivity index (χ1) is 13.0. The third-order valence-electron chi connectivity index (χ3n) is 5.31. The first-order valence-corrected chi connectivity index (χ1v) is 11.2. The van der Waals surface area contributed by atoms with Gasteiger partial charge in [0, 0.05) is 36.0 Å². The number of thiophene rings is 1. The number of hydrogen-bond donors (Lipinski definition) is 2. The van der Waals surface area contributed by atoms with Gasteiger partial charge in [0.25, 0.3) is 0 Å². The van der Waals surface area contributed by atoms with Gasteiger partial charge in [-0.2, -0.15) is 0 Å². The number of quaternary nitrogens is 1. The van der Waals surface area contributed by atoms with Crippen LogP contribution in [0.2, 0.25) is 0 Å². The van der Waals surface area contributed by atoms with Gasteiger partial charge in [-0.05, 0) is 19.9 Å². The maximum atomic E-state index is 11.9. The summed E-state index contributed by atoms with van der Waals surface area (Å²) in [4.78, 5) is 20.1. The third-order valence-corrected chi connectivity index (χ3v) is 7.01. The smallest absolute Gasteiger partial charge is 0.234 e. The fourth-order valence-electron chi connectivity index (χ4n) is 3.55. The zero-order valence-corrected chi connectivity index (χ0v) is 17.7. The van der Waals surface area contributed by atoms with Crippen LogP contribution in [0, 0.1) is 6.92 Å². The molecule has 1 fully saturated rings. The lowest BCUT2D eigenvalue weighted by atomic mass is 10.2. The van der Waals surface area contributed by atoms with Crippen molar-refractivity contribution in [3.8, 4) is 11.3 Å². The number of piperazine rings is 1. The summed E-state index contributed by atoms with van der Waals surface area (Å²) in [6.07, 6.45) is 0. The van der Waals surface area contributed by atoms with Crippen LogP contribution in [0.5, 0.6) is 0 Å². The SMILES string of the molecule is CC[N+]1(Cc2cc(-c3csc(C)n3)cs2)CCN(CC(=O)NCCO)CC1. The van der Waals surface area contributed by atoms with E-state index >= 15 is 0 Å². The van der Waals surface area contributed by atoms with Crippen LogP contribution in [0.25, 0.3) is 11.3 Å². The Morgan fingerprint density at radius 3 is 2.74 bits per heavy atom. The molecule has 0 atom stereocenters. The Bertz CT molecular complexity index is 750. The van der Waals surface area contributed by atoms with Crippen molar-refractivity contribution in [3.05, 3.63) is 26.7 Å². The van der Waals surface area contributed by atoms with Gasteiger partial charge in [0.15, 0.2) is 0 Å². The van der Waals surface area contributed by atoms with Crippen LogP contribution >= 0.6 is 22.7 Å². The summed E-state index contributed by atoms with van der Waals surface area (Å²) in [5.41, 5.74) is 2.31. The molecule has 0 radical (unpaired) electrons. The average molecular weight is 410 g/mol. The Morgan fingerprint density at radius 2 is 2.11 bits per heavy atom.